The zero-order valence-electron chi connectivity index (χ0n) is 23.0. The molecule has 2 fully saturated rings. The maximum Gasteiger partial charge on any atom is 0.152 e. The number of nitrogens with one attached hydrogen (secondary N) is 2. The lowest BCUT2D eigenvalue weighted by atomic mass is 9.89. The molecule has 0 saturated heterocycles. The van der Waals surface area contributed by atoms with Gasteiger partial charge in [-0.2, -0.15) is 0 Å². The number of nitrogens with zero attached hydrogens (tertiary/aromatic N) is 2. The first-order chi connectivity index (χ1) is 18.6. The molecule has 0 amide bonds. The van der Waals surface area contributed by atoms with Crippen molar-refractivity contribution >= 4 is 11.5 Å². The van der Waals surface area contributed by atoms with Gasteiger partial charge in [-0.1, -0.05) is 87.9 Å². The summed E-state index contributed by atoms with van der Waals surface area (Å²) in [5.41, 5.74) is 6.21. The van der Waals surface area contributed by atoms with Crippen LogP contribution in [-0.4, -0.2) is 27.7 Å². The van der Waals surface area contributed by atoms with Gasteiger partial charge in [0.05, 0.1) is 6.10 Å². The first-order valence-corrected chi connectivity index (χ1v) is 14.4. The SMILES string of the molecule is C1CCC1.C=C(Cc1ccc(CC(C)O)cc1)Nc1ccc(-c2nccnc2NCC2CCCCC2)cc1. The summed E-state index contributed by atoms with van der Waals surface area (Å²) in [4.78, 5) is 9.17. The lowest BCUT2D eigenvalue weighted by molar-refractivity contribution is 0.195. The van der Waals surface area contributed by atoms with E-state index in [1.54, 1.807) is 12.4 Å². The molecule has 3 N–H and O–H groups in total. The van der Waals surface area contributed by atoms with Crippen LogP contribution in [0.15, 0.2) is 73.2 Å². The fourth-order valence-electron chi connectivity index (χ4n) is 4.90. The summed E-state index contributed by atoms with van der Waals surface area (Å²) >= 11 is 0. The van der Waals surface area contributed by atoms with Crippen molar-refractivity contribution in [2.45, 2.75) is 83.7 Å². The van der Waals surface area contributed by atoms with Crippen LogP contribution in [0.2, 0.25) is 0 Å². The van der Waals surface area contributed by atoms with Gasteiger partial charge in [0.1, 0.15) is 5.69 Å². The molecule has 5 nitrogen and oxygen atoms in total. The molecular formula is C33H44N4O. The van der Waals surface area contributed by atoms with Gasteiger partial charge in [-0.15, -0.1) is 0 Å². The van der Waals surface area contributed by atoms with Gasteiger partial charge >= 0.3 is 0 Å². The van der Waals surface area contributed by atoms with Gasteiger partial charge < -0.3 is 15.7 Å². The molecule has 5 rings (SSSR count). The van der Waals surface area contributed by atoms with Crippen LogP contribution in [0.5, 0.6) is 0 Å². The van der Waals surface area contributed by atoms with E-state index in [9.17, 15) is 5.11 Å². The molecule has 1 aromatic heterocycles. The second-order valence-corrected chi connectivity index (χ2v) is 10.9. The summed E-state index contributed by atoms with van der Waals surface area (Å²) in [6.45, 7) is 6.97. The third kappa shape index (κ3) is 8.98. The molecule has 0 radical (unpaired) electrons. The number of aliphatic hydroxyl groups excluding tert-OH is 1. The first kappa shape index (κ1) is 27.8. The minimum absolute atomic E-state index is 0.323. The van der Waals surface area contributed by atoms with Crippen LogP contribution in [0, 0.1) is 5.92 Å². The maximum absolute atomic E-state index is 9.54. The van der Waals surface area contributed by atoms with E-state index in [4.69, 9.17) is 0 Å². The fourth-order valence-corrected chi connectivity index (χ4v) is 4.90. The van der Waals surface area contributed by atoms with E-state index in [0.717, 1.165) is 52.9 Å². The Bertz CT molecular complexity index is 1110. The van der Waals surface area contributed by atoms with Gasteiger partial charge in [0.25, 0.3) is 0 Å². The van der Waals surface area contributed by atoms with Crippen LogP contribution in [0.1, 0.15) is 75.8 Å². The zero-order chi connectivity index (χ0) is 26.6. The highest BCUT2D eigenvalue weighted by atomic mass is 16.3. The molecule has 3 aromatic rings. The van der Waals surface area contributed by atoms with E-state index in [1.165, 1.54) is 63.4 Å². The Kier molecular flexibility index (Phi) is 10.8. The lowest BCUT2D eigenvalue weighted by Gasteiger charge is -2.22. The van der Waals surface area contributed by atoms with Crippen LogP contribution in [0.25, 0.3) is 11.3 Å². The molecule has 2 aromatic carbocycles. The molecule has 1 heterocycles. The predicted molar refractivity (Wildman–Crippen MR) is 159 cm³/mol. The highest BCUT2D eigenvalue weighted by Gasteiger charge is 2.15. The molecule has 2 aliphatic rings. The van der Waals surface area contributed by atoms with Crippen molar-refractivity contribution in [2.24, 2.45) is 5.92 Å². The van der Waals surface area contributed by atoms with Crippen molar-refractivity contribution in [1.82, 2.24) is 9.97 Å². The van der Waals surface area contributed by atoms with Gasteiger partial charge in [-0.25, -0.2) is 4.98 Å². The highest BCUT2D eigenvalue weighted by Crippen LogP contribution is 2.28. The largest absolute Gasteiger partial charge is 0.393 e. The molecule has 0 bridgehead atoms. The van der Waals surface area contributed by atoms with Crippen molar-refractivity contribution in [1.29, 1.82) is 0 Å². The van der Waals surface area contributed by atoms with Crippen molar-refractivity contribution < 1.29 is 5.11 Å². The third-order valence-electron chi connectivity index (χ3n) is 7.43. The molecule has 1 atom stereocenters. The van der Waals surface area contributed by atoms with Crippen molar-refractivity contribution in [3.8, 4) is 11.3 Å². The topological polar surface area (TPSA) is 70.1 Å². The third-order valence-corrected chi connectivity index (χ3v) is 7.43. The fraction of sp³-hybridized carbons (Fsp3) is 0.455. The van der Waals surface area contributed by atoms with Gasteiger partial charge in [-0.3, -0.25) is 4.98 Å². The molecule has 1 unspecified atom stereocenters. The molecular weight excluding hydrogens is 468 g/mol. The maximum atomic E-state index is 9.54. The summed E-state index contributed by atoms with van der Waals surface area (Å²) in [5.74, 6) is 1.59. The second kappa shape index (κ2) is 14.7. The number of hydrogen-bond donors (Lipinski definition) is 3. The van der Waals surface area contributed by atoms with Gasteiger partial charge in [0, 0.05) is 42.3 Å². The number of hydrogen-bond acceptors (Lipinski definition) is 5. The van der Waals surface area contributed by atoms with Crippen LogP contribution in [0.3, 0.4) is 0 Å². The second-order valence-electron chi connectivity index (χ2n) is 10.9. The van der Waals surface area contributed by atoms with E-state index in [0.29, 0.717) is 6.42 Å². The molecule has 0 aliphatic heterocycles. The average Bonchev–Trinajstić information content (AvgIpc) is 2.89. The first-order valence-electron chi connectivity index (χ1n) is 14.4. The summed E-state index contributed by atoms with van der Waals surface area (Å²) in [5, 5.41) is 16.5. The van der Waals surface area contributed by atoms with Crippen molar-refractivity contribution in [3.05, 3.63) is 84.3 Å². The Labute approximate surface area is 228 Å². The smallest absolute Gasteiger partial charge is 0.152 e. The van der Waals surface area contributed by atoms with E-state index in [-0.39, 0.29) is 6.10 Å². The highest BCUT2D eigenvalue weighted by molar-refractivity contribution is 5.72. The number of rotatable bonds is 10. The predicted octanol–water partition coefficient (Wildman–Crippen LogP) is 7.79. The number of benzene rings is 2. The van der Waals surface area contributed by atoms with Crippen molar-refractivity contribution in [3.63, 3.8) is 0 Å². The molecule has 5 heteroatoms. The Morgan fingerprint density at radius 3 is 2.11 bits per heavy atom. The summed E-state index contributed by atoms with van der Waals surface area (Å²) in [7, 11) is 0. The van der Waals surface area contributed by atoms with Crippen LogP contribution < -0.4 is 10.6 Å². The molecule has 0 spiro atoms. The monoisotopic (exact) mass is 512 g/mol. The summed E-state index contributed by atoms with van der Waals surface area (Å²) in [6, 6.07) is 16.6. The summed E-state index contributed by atoms with van der Waals surface area (Å²) < 4.78 is 0. The van der Waals surface area contributed by atoms with E-state index >= 15 is 0 Å². The Hall–Kier alpha value is -3.18. The normalized spacial score (nSPS) is 15.9. The Morgan fingerprint density at radius 2 is 1.47 bits per heavy atom. The Balaban J connectivity index is 0.000000768. The molecule has 202 valence electrons. The minimum Gasteiger partial charge on any atom is -0.393 e. The average molecular weight is 513 g/mol. The van der Waals surface area contributed by atoms with Crippen LogP contribution in [0.4, 0.5) is 11.5 Å². The molecule has 38 heavy (non-hydrogen) atoms. The van der Waals surface area contributed by atoms with Crippen LogP contribution >= 0.6 is 0 Å². The van der Waals surface area contributed by atoms with Gasteiger partial charge in [-0.05, 0) is 55.4 Å². The number of aromatic nitrogens is 2. The number of aliphatic hydroxyl groups is 1. The lowest BCUT2D eigenvalue weighted by Crippen LogP contribution is -2.18. The van der Waals surface area contributed by atoms with Crippen LogP contribution in [-0.2, 0) is 12.8 Å². The molecule has 2 aliphatic carbocycles. The van der Waals surface area contributed by atoms with Gasteiger partial charge in [0.15, 0.2) is 5.82 Å². The van der Waals surface area contributed by atoms with E-state index in [2.05, 4.69) is 75.7 Å². The standard InChI is InChI=1S/C29H36N4O.C4H8/c1-21(18-23-8-10-24(11-9-23)19-22(2)34)33-27-14-12-26(13-15-27)28-29(31-17-16-30-28)32-20-25-6-4-3-5-7-25;1-2-4-3-1/h8-17,22,25,33-34H,1,3-7,18-20H2,2H3,(H,31,32);1-4H2. The van der Waals surface area contributed by atoms with Gasteiger partial charge in [0.2, 0.25) is 0 Å². The molecule has 2 saturated carbocycles. The zero-order valence-corrected chi connectivity index (χ0v) is 23.0. The summed E-state index contributed by atoms with van der Waals surface area (Å²) in [6.07, 6.45) is 17.3. The van der Waals surface area contributed by atoms with E-state index in [1.807, 2.05) is 6.92 Å². The minimum atomic E-state index is -0.323. The Morgan fingerprint density at radius 1 is 0.868 bits per heavy atom. The van der Waals surface area contributed by atoms with Crippen molar-refractivity contribution in [2.75, 3.05) is 17.2 Å². The quantitative estimate of drug-likeness (QED) is 0.259. The number of anilines is 2. The van der Waals surface area contributed by atoms with E-state index < -0.39 is 0 Å². The number of allylic oxidation sites excluding steroid dienone is 1.